The number of aromatic nitrogens is 4. The van der Waals surface area contributed by atoms with Crippen molar-refractivity contribution in [3.63, 3.8) is 0 Å². The van der Waals surface area contributed by atoms with E-state index < -0.39 is 0 Å². The fraction of sp³-hybridized carbons (Fsp3) is 0.273. The molecule has 0 saturated carbocycles. The van der Waals surface area contributed by atoms with Crippen LogP contribution in [0.2, 0.25) is 0 Å². The second-order valence-electron chi connectivity index (χ2n) is 7.36. The molecule has 3 amide bonds. The van der Waals surface area contributed by atoms with E-state index >= 15 is 0 Å². The number of pyridine rings is 1. The lowest BCUT2D eigenvalue weighted by molar-refractivity contribution is -0.121. The Hall–Kier alpha value is -4.08. The summed E-state index contributed by atoms with van der Waals surface area (Å²) in [6.07, 6.45) is 2.13. The van der Waals surface area contributed by atoms with Crippen molar-refractivity contribution in [3.8, 4) is 11.5 Å². The first-order valence-electron chi connectivity index (χ1n) is 10.2. The van der Waals surface area contributed by atoms with Crippen molar-refractivity contribution in [2.24, 2.45) is 7.05 Å². The second kappa shape index (κ2) is 8.96. The van der Waals surface area contributed by atoms with Gasteiger partial charge in [0, 0.05) is 32.8 Å². The number of amides is 3. The van der Waals surface area contributed by atoms with Gasteiger partial charge in [-0.2, -0.15) is 0 Å². The van der Waals surface area contributed by atoms with Gasteiger partial charge >= 0.3 is 5.69 Å². The van der Waals surface area contributed by atoms with Crippen LogP contribution in [0, 0.1) is 0 Å². The van der Waals surface area contributed by atoms with Gasteiger partial charge in [0.2, 0.25) is 5.91 Å². The zero-order valence-corrected chi connectivity index (χ0v) is 17.5. The van der Waals surface area contributed by atoms with E-state index in [1.807, 2.05) is 6.07 Å². The highest BCUT2D eigenvalue weighted by Gasteiger charge is 2.34. The first kappa shape index (κ1) is 21.2. The highest BCUT2D eigenvalue weighted by Crippen LogP contribution is 2.22. The summed E-state index contributed by atoms with van der Waals surface area (Å²) >= 11 is 0. The lowest BCUT2D eigenvalue weighted by atomic mass is 10.1. The molecule has 32 heavy (non-hydrogen) atoms. The van der Waals surface area contributed by atoms with E-state index in [2.05, 4.69) is 15.4 Å². The lowest BCUT2D eigenvalue weighted by Gasteiger charge is -2.13. The highest BCUT2D eigenvalue weighted by atomic mass is 16.2. The van der Waals surface area contributed by atoms with Gasteiger partial charge in [-0.05, 0) is 30.7 Å². The lowest BCUT2D eigenvalue weighted by Crippen LogP contribution is -2.33. The monoisotopic (exact) mass is 434 g/mol. The summed E-state index contributed by atoms with van der Waals surface area (Å²) in [4.78, 5) is 54.6. The summed E-state index contributed by atoms with van der Waals surface area (Å²) in [6, 6.07) is 12.0. The van der Waals surface area contributed by atoms with Crippen LogP contribution in [-0.4, -0.2) is 55.0 Å². The molecule has 164 valence electrons. The molecule has 10 nitrogen and oxygen atoms in total. The fourth-order valence-corrected chi connectivity index (χ4v) is 3.58. The number of carbonyl (C=O) groups is 3. The number of benzene rings is 1. The van der Waals surface area contributed by atoms with E-state index in [0.717, 1.165) is 0 Å². The van der Waals surface area contributed by atoms with Crippen molar-refractivity contribution in [3.05, 3.63) is 70.3 Å². The Balaban J connectivity index is 1.25. The van der Waals surface area contributed by atoms with Crippen LogP contribution in [0.5, 0.6) is 0 Å². The van der Waals surface area contributed by atoms with E-state index in [0.29, 0.717) is 29.1 Å². The number of hydrogen-bond acceptors (Lipinski definition) is 6. The highest BCUT2D eigenvalue weighted by molar-refractivity contribution is 6.21. The third-order valence-electron chi connectivity index (χ3n) is 5.24. The van der Waals surface area contributed by atoms with Crippen molar-refractivity contribution < 1.29 is 14.4 Å². The van der Waals surface area contributed by atoms with E-state index in [1.54, 1.807) is 49.6 Å². The summed E-state index contributed by atoms with van der Waals surface area (Å²) in [7, 11) is 1.62. The number of nitrogens with zero attached hydrogens (tertiary/aromatic N) is 5. The molecule has 1 aliphatic heterocycles. The van der Waals surface area contributed by atoms with Crippen molar-refractivity contribution in [1.82, 2.24) is 29.5 Å². The SMILES string of the molecule is Cn1c(-c2ccccn2)nn(CCNC(=O)CCCN2C(=O)c3ccccc3C2=O)c1=O. The molecule has 1 aromatic carbocycles. The second-order valence-corrected chi connectivity index (χ2v) is 7.36. The molecule has 0 fully saturated rings. The van der Waals surface area contributed by atoms with Gasteiger partial charge in [-0.1, -0.05) is 18.2 Å². The zero-order chi connectivity index (χ0) is 22.7. The minimum Gasteiger partial charge on any atom is -0.354 e. The molecule has 3 aromatic rings. The zero-order valence-electron chi connectivity index (χ0n) is 17.5. The van der Waals surface area contributed by atoms with Crippen LogP contribution in [0.3, 0.4) is 0 Å². The average molecular weight is 434 g/mol. The third kappa shape index (κ3) is 4.07. The van der Waals surface area contributed by atoms with Crippen LogP contribution < -0.4 is 11.0 Å². The Kier molecular flexibility index (Phi) is 5.93. The minimum atomic E-state index is -0.329. The molecule has 1 N–H and O–H groups in total. The fourth-order valence-electron chi connectivity index (χ4n) is 3.58. The van der Waals surface area contributed by atoms with Crippen LogP contribution >= 0.6 is 0 Å². The normalized spacial score (nSPS) is 12.8. The number of carbonyl (C=O) groups excluding carboxylic acids is 3. The quantitative estimate of drug-likeness (QED) is 0.525. The molecule has 10 heteroatoms. The molecule has 0 aliphatic carbocycles. The summed E-state index contributed by atoms with van der Waals surface area (Å²) in [6.45, 7) is 0.612. The third-order valence-corrected chi connectivity index (χ3v) is 5.24. The molecule has 3 heterocycles. The van der Waals surface area contributed by atoms with Crippen LogP contribution in [0.1, 0.15) is 33.6 Å². The smallest absolute Gasteiger partial charge is 0.346 e. The van der Waals surface area contributed by atoms with E-state index in [9.17, 15) is 19.2 Å². The Morgan fingerprint density at radius 2 is 1.66 bits per heavy atom. The van der Waals surface area contributed by atoms with Gasteiger partial charge < -0.3 is 5.32 Å². The summed E-state index contributed by atoms with van der Waals surface area (Å²) < 4.78 is 2.69. The average Bonchev–Trinajstić information content (AvgIpc) is 3.23. The minimum absolute atomic E-state index is 0.156. The van der Waals surface area contributed by atoms with Gasteiger partial charge in [0.25, 0.3) is 11.8 Å². The summed E-state index contributed by atoms with van der Waals surface area (Å²) in [5.41, 5.74) is 1.08. The van der Waals surface area contributed by atoms with Crippen molar-refractivity contribution in [1.29, 1.82) is 0 Å². The van der Waals surface area contributed by atoms with Gasteiger partial charge in [0.1, 0.15) is 5.69 Å². The molecule has 0 spiro atoms. The number of fused-ring (bicyclic) bond motifs is 1. The maximum atomic E-state index is 12.4. The van der Waals surface area contributed by atoms with Crippen molar-refractivity contribution >= 4 is 17.7 Å². The Morgan fingerprint density at radius 1 is 0.969 bits per heavy atom. The van der Waals surface area contributed by atoms with Gasteiger partial charge in [-0.3, -0.25) is 28.8 Å². The molecular weight excluding hydrogens is 412 g/mol. The van der Waals surface area contributed by atoms with E-state index in [4.69, 9.17) is 0 Å². The van der Waals surface area contributed by atoms with Crippen LogP contribution in [-0.2, 0) is 18.4 Å². The Morgan fingerprint density at radius 3 is 2.31 bits per heavy atom. The van der Waals surface area contributed by atoms with Gasteiger partial charge in [0.15, 0.2) is 5.82 Å². The molecule has 4 rings (SSSR count). The molecule has 0 atom stereocenters. The van der Waals surface area contributed by atoms with Gasteiger partial charge in [-0.15, -0.1) is 5.10 Å². The number of hydrogen-bond donors (Lipinski definition) is 1. The van der Waals surface area contributed by atoms with Gasteiger partial charge in [0.05, 0.1) is 17.7 Å². The topological polar surface area (TPSA) is 119 Å². The molecule has 0 bridgehead atoms. The Bertz CT molecular complexity index is 1200. The summed E-state index contributed by atoms with van der Waals surface area (Å²) in [5.74, 6) is -0.438. The predicted molar refractivity (Wildman–Crippen MR) is 115 cm³/mol. The maximum Gasteiger partial charge on any atom is 0.346 e. The first-order chi connectivity index (χ1) is 15.5. The number of nitrogens with one attached hydrogen (secondary N) is 1. The molecule has 0 unspecified atom stereocenters. The molecule has 0 radical (unpaired) electrons. The standard InChI is InChI=1S/C22H22N6O4/c1-26-19(17-9-4-5-11-23-17)25-28(22(26)32)14-12-24-18(29)10-6-13-27-20(30)15-7-2-3-8-16(15)21(27)31/h2-5,7-9,11H,6,10,12-14H2,1H3,(H,24,29). The van der Waals surface area contributed by atoms with Crippen LogP contribution in [0.4, 0.5) is 0 Å². The van der Waals surface area contributed by atoms with E-state index in [1.165, 1.54) is 14.1 Å². The number of rotatable bonds is 8. The van der Waals surface area contributed by atoms with Crippen molar-refractivity contribution in [2.75, 3.05) is 13.1 Å². The molecule has 2 aromatic heterocycles. The van der Waals surface area contributed by atoms with Crippen LogP contribution in [0.25, 0.3) is 11.5 Å². The summed E-state index contributed by atoms with van der Waals surface area (Å²) in [5, 5.41) is 7.04. The first-order valence-corrected chi connectivity index (χ1v) is 10.2. The van der Waals surface area contributed by atoms with E-state index in [-0.39, 0.29) is 49.5 Å². The molecule has 0 saturated heterocycles. The maximum absolute atomic E-state index is 12.4. The largest absolute Gasteiger partial charge is 0.354 e. The molecule has 1 aliphatic rings. The Labute approximate surface area is 183 Å². The number of imide groups is 1. The van der Waals surface area contributed by atoms with Crippen molar-refractivity contribution in [2.45, 2.75) is 19.4 Å². The molecular formula is C22H22N6O4. The predicted octanol–water partition coefficient (Wildman–Crippen LogP) is 0.836. The van der Waals surface area contributed by atoms with Crippen LogP contribution in [0.15, 0.2) is 53.5 Å². The van der Waals surface area contributed by atoms with Gasteiger partial charge in [-0.25, -0.2) is 9.48 Å².